The van der Waals surface area contributed by atoms with Crippen LogP contribution in [0.1, 0.15) is 11.1 Å². The number of imidazole rings is 1. The average Bonchev–Trinajstić information content (AvgIpc) is 2.91. The van der Waals surface area contributed by atoms with Crippen molar-refractivity contribution < 1.29 is 9.84 Å². The Morgan fingerprint density at radius 3 is 2.71 bits per heavy atom. The summed E-state index contributed by atoms with van der Waals surface area (Å²) in [5, 5.41) is 11.3. The number of nitrogens with zero attached hydrogens (tertiary/aromatic N) is 2. The van der Waals surface area contributed by atoms with Crippen LogP contribution in [-0.2, 0) is 6.54 Å². The predicted molar refractivity (Wildman–Crippen MR) is 97.2 cm³/mol. The molecule has 3 aromatic rings. The molecule has 3 rings (SSSR count). The highest BCUT2D eigenvalue weighted by molar-refractivity contribution is 6.34. The van der Waals surface area contributed by atoms with Gasteiger partial charge in [-0.25, -0.2) is 4.98 Å². The van der Waals surface area contributed by atoms with Crippen LogP contribution in [0.25, 0.3) is 11.0 Å². The summed E-state index contributed by atoms with van der Waals surface area (Å²) < 4.78 is 7.51. The minimum Gasteiger partial charge on any atom is -0.489 e. The number of aliphatic hydroxyl groups is 1. The fraction of sp³-hybridized carbons (Fsp3) is 0.278. The van der Waals surface area contributed by atoms with Crippen molar-refractivity contribution >= 4 is 34.2 Å². The number of benzene rings is 2. The molecule has 0 saturated carbocycles. The summed E-state index contributed by atoms with van der Waals surface area (Å²) in [7, 11) is 0. The first-order chi connectivity index (χ1) is 11.4. The van der Waals surface area contributed by atoms with Crippen LogP contribution in [-0.4, -0.2) is 27.4 Å². The lowest BCUT2D eigenvalue weighted by molar-refractivity contribution is 0.0935. The van der Waals surface area contributed by atoms with Crippen molar-refractivity contribution in [2.45, 2.75) is 26.5 Å². The summed E-state index contributed by atoms with van der Waals surface area (Å²) in [6.07, 6.45) is 1.04. The highest BCUT2D eigenvalue weighted by Crippen LogP contribution is 2.28. The molecule has 0 unspecified atom stereocenters. The van der Waals surface area contributed by atoms with Crippen molar-refractivity contribution in [2.75, 3.05) is 6.61 Å². The Bertz CT molecular complexity index is 877. The minimum absolute atomic E-state index is 0.116. The van der Waals surface area contributed by atoms with Crippen LogP contribution in [0.15, 0.2) is 36.7 Å². The van der Waals surface area contributed by atoms with Crippen molar-refractivity contribution in [3.63, 3.8) is 0 Å². The highest BCUT2D eigenvalue weighted by Gasteiger charge is 2.12. The summed E-state index contributed by atoms with van der Waals surface area (Å²) in [5.74, 6) is 0.463. The van der Waals surface area contributed by atoms with Crippen molar-refractivity contribution in [3.05, 3.63) is 57.8 Å². The number of hydrogen-bond acceptors (Lipinski definition) is 3. The van der Waals surface area contributed by atoms with Crippen molar-refractivity contribution in [3.8, 4) is 5.75 Å². The van der Waals surface area contributed by atoms with Gasteiger partial charge in [-0.05, 0) is 49.2 Å². The van der Waals surface area contributed by atoms with Crippen LogP contribution in [0.5, 0.6) is 5.75 Å². The summed E-state index contributed by atoms with van der Waals surface area (Å²) in [6, 6.07) is 9.12. The maximum atomic E-state index is 10.3. The highest BCUT2D eigenvalue weighted by atomic mass is 35.5. The number of aliphatic hydroxyl groups excluding tert-OH is 1. The summed E-state index contributed by atoms with van der Waals surface area (Å²) in [6.45, 7) is 4.62. The average molecular weight is 365 g/mol. The topological polar surface area (TPSA) is 47.3 Å². The fourth-order valence-electron chi connectivity index (χ4n) is 2.51. The van der Waals surface area contributed by atoms with Crippen LogP contribution in [0.2, 0.25) is 10.0 Å². The molecule has 0 radical (unpaired) electrons. The molecule has 0 aliphatic rings. The summed E-state index contributed by atoms with van der Waals surface area (Å²) in [5.41, 5.74) is 4.31. The smallest absolute Gasteiger partial charge is 0.139 e. The second-order valence-electron chi connectivity index (χ2n) is 5.86. The van der Waals surface area contributed by atoms with Gasteiger partial charge in [-0.1, -0.05) is 23.2 Å². The second kappa shape index (κ2) is 7.01. The van der Waals surface area contributed by atoms with E-state index in [2.05, 4.69) is 31.0 Å². The molecule has 0 spiro atoms. The van der Waals surface area contributed by atoms with Crippen molar-refractivity contribution in [1.82, 2.24) is 9.55 Å². The second-order valence-corrected chi connectivity index (χ2v) is 6.71. The van der Waals surface area contributed by atoms with Crippen LogP contribution >= 0.6 is 23.2 Å². The van der Waals surface area contributed by atoms with E-state index >= 15 is 0 Å². The predicted octanol–water partition coefficient (Wildman–Crippen LogP) is 4.40. The third-order valence-electron chi connectivity index (χ3n) is 3.97. The fourth-order valence-corrected chi connectivity index (χ4v) is 2.85. The van der Waals surface area contributed by atoms with E-state index in [1.807, 2.05) is 4.57 Å². The lowest BCUT2D eigenvalue weighted by Crippen LogP contribution is -2.23. The van der Waals surface area contributed by atoms with Crippen molar-refractivity contribution in [1.29, 1.82) is 0 Å². The molecule has 1 atom stereocenters. The van der Waals surface area contributed by atoms with E-state index in [0.717, 1.165) is 11.0 Å². The van der Waals surface area contributed by atoms with Gasteiger partial charge in [0.2, 0.25) is 0 Å². The van der Waals surface area contributed by atoms with E-state index < -0.39 is 6.10 Å². The van der Waals surface area contributed by atoms with Gasteiger partial charge in [-0.2, -0.15) is 0 Å². The monoisotopic (exact) mass is 364 g/mol. The van der Waals surface area contributed by atoms with Gasteiger partial charge in [-0.15, -0.1) is 0 Å². The molecule has 6 heteroatoms. The molecule has 0 aliphatic heterocycles. The molecule has 0 saturated heterocycles. The number of aryl methyl sites for hydroxylation is 2. The zero-order chi connectivity index (χ0) is 17.3. The van der Waals surface area contributed by atoms with E-state index in [1.54, 1.807) is 24.5 Å². The zero-order valence-electron chi connectivity index (χ0n) is 13.5. The molecule has 126 valence electrons. The number of hydrogen-bond donors (Lipinski definition) is 1. The normalized spacial score (nSPS) is 12.5. The number of fused-ring (bicyclic) bond motifs is 1. The molecular weight excluding hydrogens is 347 g/mol. The van der Waals surface area contributed by atoms with Gasteiger partial charge in [0.25, 0.3) is 0 Å². The number of aromatic nitrogens is 2. The van der Waals surface area contributed by atoms with Crippen molar-refractivity contribution in [2.24, 2.45) is 0 Å². The Morgan fingerprint density at radius 2 is 1.92 bits per heavy atom. The van der Waals surface area contributed by atoms with E-state index in [0.29, 0.717) is 22.3 Å². The molecule has 2 aromatic carbocycles. The molecule has 1 aromatic heterocycles. The van der Waals surface area contributed by atoms with Crippen LogP contribution in [0.4, 0.5) is 0 Å². The van der Waals surface area contributed by atoms with Gasteiger partial charge < -0.3 is 14.4 Å². The first kappa shape index (κ1) is 17.1. The Balaban J connectivity index is 1.70. The van der Waals surface area contributed by atoms with E-state index in [1.165, 1.54) is 11.1 Å². The SMILES string of the molecule is Cc1cc2ncn(C[C@@H](O)COc3cc(Cl)ccc3Cl)c2cc1C. The Morgan fingerprint density at radius 1 is 1.17 bits per heavy atom. The number of halogens is 2. The molecule has 1 heterocycles. The summed E-state index contributed by atoms with van der Waals surface area (Å²) in [4.78, 5) is 4.39. The van der Waals surface area contributed by atoms with E-state index in [-0.39, 0.29) is 6.61 Å². The van der Waals surface area contributed by atoms with Crippen LogP contribution < -0.4 is 4.74 Å². The van der Waals surface area contributed by atoms with Crippen LogP contribution in [0.3, 0.4) is 0 Å². The van der Waals surface area contributed by atoms with Gasteiger partial charge in [0.15, 0.2) is 0 Å². The standard InChI is InChI=1S/C18H18Cl2N2O2/c1-11-5-16-17(6-12(11)2)22(10-21-16)8-14(23)9-24-18-7-13(19)3-4-15(18)20/h3-7,10,14,23H,8-9H2,1-2H3/t14-/m1/s1. The molecule has 0 bridgehead atoms. The molecule has 0 amide bonds. The maximum absolute atomic E-state index is 10.3. The van der Waals surface area contributed by atoms with E-state index in [4.69, 9.17) is 27.9 Å². The molecule has 0 fully saturated rings. The third kappa shape index (κ3) is 3.66. The van der Waals surface area contributed by atoms with Gasteiger partial charge in [0.1, 0.15) is 18.5 Å². The lowest BCUT2D eigenvalue weighted by atomic mass is 10.1. The molecule has 4 nitrogen and oxygen atoms in total. The molecule has 1 N–H and O–H groups in total. The quantitative estimate of drug-likeness (QED) is 0.729. The Kier molecular flexibility index (Phi) is 4.99. The summed E-state index contributed by atoms with van der Waals surface area (Å²) >= 11 is 12.0. The number of rotatable bonds is 5. The maximum Gasteiger partial charge on any atom is 0.139 e. The van der Waals surface area contributed by atoms with Gasteiger partial charge in [0.05, 0.1) is 28.9 Å². The first-order valence-electron chi connectivity index (χ1n) is 7.62. The third-order valence-corrected chi connectivity index (χ3v) is 4.52. The van der Waals surface area contributed by atoms with Gasteiger partial charge >= 0.3 is 0 Å². The minimum atomic E-state index is -0.695. The van der Waals surface area contributed by atoms with Gasteiger partial charge in [-0.3, -0.25) is 0 Å². The van der Waals surface area contributed by atoms with Gasteiger partial charge in [0, 0.05) is 11.1 Å². The van der Waals surface area contributed by atoms with Crippen LogP contribution in [0, 0.1) is 13.8 Å². The Labute approximate surface area is 150 Å². The molecule has 0 aliphatic carbocycles. The number of ether oxygens (including phenoxy) is 1. The lowest BCUT2D eigenvalue weighted by Gasteiger charge is -2.15. The Hall–Kier alpha value is -1.75. The van der Waals surface area contributed by atoms with E-state index in [9.17, 15) is 5.11 Å². The first-order valence-corrected chi connectivity index (χ1v) is 8.37. The molecular formula is C18H18Cl2N2O2. The zero-order valence-corrected chi connectivity index (χ0v) is 15.0. The largest absolute Gasteiger partial charge is 0.489 e. The molecule has 24 heavy (non-hydrogen) atoms.